The van der Waals surface area contributed by atoms with Crippen molar-refractivity contribution in [2.45, 2.75) is 19.4 Å². The van der Waals surface area contributed by atoms with E-state index in [1.54, 1.807) is 0 Å². The van der Waals surface area contributed by atoms with Crippen LogP contribution in [-0.4, -0.2) is 33.9 Å². The molecule has 3 rings (SSSR count). The van der Waals surface area contributed by atoms with E-state index < -0.39 is 5.43 Å². The SMILES string of the molecule is O=C(c1ccc(F)cc1)C1CCN(Cc2cc(=O)c(O)c[nH]2)CC1. The summed E-state index contributed by atoms with van der Waals surface area (Å²) in [7, 11) is 0. The summed E-state index contributed by atoms with van der Waals surface area (Å²) in [5, 5.41) is 9.25. The highest BCUT2D eigenvalue weighted by Gasteiger charge is 2.25. The van der Waals surface area contributed by atoms with E-state index in [9.17, 15) is 19.1 Å². The van der Waals surface area contributed by atoms with Crippen molar-refractivity contribution in [3.63, 3.8) is 0 Å². The number of Topliss-reactive ketones (excluding diaryl/α,β-unsaturated/α-hetero) is 1. The molecule has 2 aromatic rings. The van der Waals surface area contributed by atoms with Gasteiger partial charge in [0.05, 0.1) is 0 Å². The lowest BCUT2D eigenvalue weighted by atomic mass is 9.89. The Morgan fingerprint density at radius 2 is 1.92 bits per heavy atom. The number of nitrogens with one attached hydrogen (secondary N) is 1. The van der Waals surface area contributed by atoms with Crippen LogP contribution in [0.2, 0.25) is 0 Å². The van der Waals surface area contributed by atoms with Gasteiger partial charge in [-0.05, 0) is 50.2 Å². The van der Waals surface area contributed by atoms with Gasteiger partial charge in [-0.1, -0.05) is 0 Å². The van der Waals surface area contributed by atoms with Crippen LogP contribution in [0.1, 0.15) is 28.9 Å². The van der Waals surface area contributed by atoms with Crippen molar-refractivity contribution in [2.24, 2.45) is 5.92 Å². The molecule has 1 aromatic heterocycles. The highest BCUT2D eigenvalue weighted by molar-refractivity contribution is 5.97. The number of halogens is 1. The van der Waals surface area contributed by atoms with E-state index in [4.69, 9.17) is 0 Å². The first-order chi connectivity index (χ1) is 11.5. The number of rotatable bonds is 4. The van der Waals surface area contributed by atoms with E-state index >= 15 is 0 Å². The highest BCUT2D eigenvalue weighted by Crippen LogP contribution is 2.23. The molecule has 6 heteroatoms. The molecule has 0 bridgehead atoms. The molecule has 2 N–H and O–H groups in total. The van der Waals surface area contributed by atoms with Gasteiger partial charge in [0.25, 0.3) is 0 Å². The van der Waals surface area contributed by atoms with E-state index in [2.05, 4.69) is 9.88 Å². The summed E-state index contributed by atoms with van der Waals surface area (Å²) in [6.45, 7) is 2.08. The number of benzene rings is 1. The molecule has 0 spiro atoms. The zero-order chi connectivity index (χ0) is 17.1. The molecule has 1 saturated heterocycles. The molecular weight excluding hydrogens is 311 g/mol. The zero-order valence-corrected chi connectivity index (χ0v) is 13.2. The number of carbonyl (C=O) groups is 1. The average molecular weight is 330 g/mol. The van der Waals surface area contributed by atoms with Crippen LogP contribution in [0.5, 0.6) is 5.75 Å². The fraction of sp³-hybridized carbons (Fsp3) is 0.333. The molecule has 0 saturated carbocycles. The van der Waals surface area contributed by atoms with Gasteiger partial charge in [-0.15, -0.1) is 0 Å². The van der Waals surface area contributed by atoms with E-state index in [-0.39, 0.29) is 23.3 Å². The van der Waals surface area contributed by atoms with Crippen LogP contribution in [0, 0.1) is 11.7 Å². The van der Waals surface area contributed by atoms with Gasteiger partial charge in [-0.2, -0.15) is 0 Å². The first kappa shape index (κ1) is 16.4. The molecule has 126 valence electrons. The predicted octanol–water partition coefficient (Wildman–Crippen LogP) is 2.31. The Bertz CT molecular complexity index is 778. The van der Waals surface area contributed by atoms with Gasteiger partial charge in [-0.25, -0.2) is 4.39 Å². The lowest BCUT2D eigenvalue weighted by Gasteiger charge is -2.31. The number of hydrogen-bond acceptors (Lipinski definition) is 4. The van der Waals surface area contributed by atoms with Crippen LogP contribution < -0.4 is 5.43 Å². The van der Waals surface area contributed by atoms with Crippen LogP contribution in [0.15, 0.2) is 41.3 Å². The fourth-order valence-electron chi connectivity index (χ4n) is 3.04. The number of piperidine rings is 1. The number of aromatic amines is 1. The van der Waals surface area contributed by atoms with Crippen LogP contribution in [0.4, 0.5) is 4.39 Å². The Kier molecular flexibility index (Phi) is 4.76. The fourth-order valence-corrected chi connectivity index (χ4v) is 3.04. The maximum absolute atomic E-state index is 12.9. The molecule has 1 fully saturated rings. The van der Waals surface area contributed by atoms with Crippen molar-refractivity contribution in [1.29, 1.82) is 0 Å². The Balaban J connectivity index is 1.57. The minimum Gasteiger partial charge on any atom is -0.503 e. The molecule has 1 aliphatic heterocycles. The molecule has 0 radical (unpaired) electrons. The monoisotopic (exact) mass is 330 g/mol. The van der Waals surface area contributed by atoms with E-state index in [1.807, 2.05) is 0 Å². The highest BCUT2D eigenvalue weighted by atomic mass is 19.1. The smallest absolute Gasteiger partial charge is 0.223 e. The van der Waals surface area contributed by atoms with Gasteiger partial charge in [0, 0.05) is 36.0 Å². The summed E-state index contributed by atoms with van der Waals surface area (Å²) in [4.78, 5) is 28.9. The van der Waals surface area contributed by atoms with E-state index in [0.717, 1.165) is 31.6 Å². The number of aromatic hydroxyl groups is 1. The lowest BCUT2D eigenvalue weighted by Crippen LogP contribution is -2.36. The Hall–Kier alpha value is -2.47. The number of pyridine rings is 1. The number of hydrogen-bond donors (Lipinski definition) is 2. The van der Waals surface area contributed by atoms with Gasteiger partial charge in [-0.3, -0.25) is 14.5 Å². The van der Waals surface area contributed by atoms with E-state index in [1.165, 1.54) is 36.5 Å². The largest absolute Gasteiger partial charge is 0.503 e. The Labute approximate surface area is 138 Å². The average Bonchev–Trinajstić information content (AvgIpc) is 2.59. The molecule has 1 aliphatic rings. The van der Waals surface area contributed by atoms with Gasteiger partial charge in [0.15, 0.2) is 11.5 Å². The summed E-state index contributed by atoms with van der Waals surface area (Å²) < 4.78 is 12.9. The Morgan fingerprint density at radius 3 is 2.54 bits per heavy atom. The number of H-pyrrole nitrogens is 1. The van der Waals surface area contributed by atoms with Gasteiger partial charge < -0.3 is 10.1 Å². The van der Waals surface area contributed by atoms with Crippen LogP contribution in [0.3, 0.4) is 0 Å². The van der Waals surface area contributed by atoms with Crippen molar-refractivity contribution in [3.8, 4) is 5.75 Å². The molecule has 0 aliphatic carbocycles. The van der Waals surface area contributed by atoms with Gasteiger partial charge in [0.1, 0.15) is 5.82 Å². The van der Waals surface area contributed by atoms with Crippen LogP contribution >= 0.6 is 0 Å². The number of nitrogens with zero attached hydrogens (tertiary/aromatic N) is 1. The van der Waals surface area contributed by atoms with Crippen LogP contribution in [-0.2, 0) is 6.54 Å². The normalized spacial score (nSPS) is 16.2. The summed E-state index contributed by atoms with van der Waals surface area (Å²) >= 11 is 0. The summed E-state index contributed by atoms with van der Waals surface area (Å²) in [5.41, 5.74) is 0.893. The second kappa shape index (κ2) is 6.97. The summed E-state index contributed by atoms with van der Waals surface area (Å²) in [6, 6.07) is 7.08. The number of ketones is 1. The third kappa shape index (κ3) is 3.71. The summed E-state index contributed by atoms with van der Waals surface area (Å²) in [5.74, 6) is -0.620. The molecule has 24 heavy (non-hydrogen) atoms. The van der Waals surface area contributed by atoms with Crippen molar-refractivity contribution < 1.29 is 14.3 Å². The van der Waals surface area contributed by atoms with Gasteiger partial charge in [0.2, 0.25) is 5.43 Å². The molecule has 0 amide bonds. The van der Waals surface area contributed by atoms with E-state index in [0.29, 0.717) is 12.1 Å². The predicted molar refractivity (Wildman–Crippen MR) is 87.5 cm³/mol. The number of carbonyl (C=O) groups excluding carboxylic acids is 1. The number of likely N-dealkylation sites (tertiary alicyclic amines) is 1. The topological polar surface area (TPSA) is 73.4 Å². The maximum Gasteiger partial charge on any atom is 0.223 e. The number of aromatic nitrogens is 1. The molecule has 0 unspecified atom stereocenters. The van der Waals surface area contributed by atoms with Crippen molar-refractivity contribution in [1.82, 2.24) is 9.88 Å². The minimum absolute atomic E-state index is 0.0504. The first-order valence-electron chi connectivity index (χ1n) is 7.95. The third-order valence-electron chi connectivity index (χ3n) is 4.43. The zero-order valence-electron chi connectivity index (χ0n) is 13.2. The van der Waals surface area contributed by atoms with Crippen molar-refractivity contribution in [3.05, 3.63) is 63.8 Å². The summed E-state index contributed by atoms with van der Waals surface area (Å²) in [6.07, 6.45) is 2.76. The Morgan fingerprint density at radius 1 is 1.25 bits per heavy atom. The second-order valence-corrected chi connectivity index (χ2v) is 6.13. The third-order valence-corrected chi connectivity index (χ3v) is 4.43. The molecule has 0 atom stereocenters. The molecule has 1 aromatic carbocycles. The maximum atomic E-state index is 12.9. The quantitative estimate of drug-likeness (QED) is 0.844. The van der Waals surface area contributed by atoms with Gasteiger partial charge >= 0.3 is 0 Å². The standard InChI is InChI=1S/C18H19FN2O3/c19-14-3-1-12(2-4-14)18(24)13-5-7-21(8-6-13)11-15-9-16(22)17(23)10-20-15/h1-4,9-10,13,23H,5-8,11H2,(H,20,22). The second-order valence-electron chi connectivity index (χ2n) is 6.13. The first-order valence-corrected chi connectivity index (χ1v) is 7.95. The van der Waals surface area contributed by atoms with Crippen molar-refractivity contribution in [2.75, 3.05) is 13.1 Å². The lowest BCUT2D eigenvalue weighted by molar-refractivity contribution is 0.0834. The molecule has 5 nitrogen and oxygen atoms in total. The van der Waals surface area contributed by atoms with Crippen LogP contribution in [0.25, 0.3) is 0 Å². The minimum atomic E-state index is -0.398. The van der Waals surface area contributed by atoms with Crippen molar-refractivity contribution >= 4 is 5.78 Å². The molecular formula is C18H19FN2O3. The molecule has 2 heterocycles.